The largest absolute Gasteiger partial charge is 0.459 e. The van der Waals surface area contributed by atoms with Crippen molar-refractivity contribution in [1.82, 2.24) is 16.0 Å². The van der Waals surface area contributed by atoms with Crippen LogP contribution in [0.4, 0.5) is 0 Å². The van der Waals surface area contributed by atoms with E-state index in [1.165, 1.54) is 24.8 Å². The van der Waals surface area contributed by atoms with E-state index in [2.05, 4.69) is 29.0 Å². The summed E-state index contributed by atoms with van der Waals surface area (Å²) in [6, 6.07) is 0.00205. The average molecular weight is 692 g/mol. The number of ether oxygens (including phenoxy) is 4. The van der Waals surface area contributed by atoms with Crippen LogP contribution in [0.5, 0.6) is 0 Å². The molecule has 268 valence electrons. The molecule has 48 heavy (non-hydrogen) atoms. The Morgan fingerprint density at radius 1 is 1.02 bits per heavy atom. The van der Waals surface area contributed by atoms with Gasteiger partial charge in [-0.15, -0.1) is 0 Å². The van der Waals surface area contributed by atoms with Gasteiger partial charge in [0.15, 0.2) is 0 Å². The quantitative estimate of drug-likeness (QED) is 0.0921. The maximum absolute atomic E-state index is 12.8. The lowest BCUT2D eigenvalue weighted by Crippen LogP contribution is -2.55. The lowest BCUT2D eigenvalue weighted by molar-refractivity contribution is -0.146. The van der Waals surface area contributed by atoms with Crippen molar-refractivity contribution in [1.29, 1.82) is 0 Å². The van der Waals surface area contributed by atoms with E-state index in [4.69, 9.17) is 18.9 Å². The van der Waals surface area contributed by atoms with Crippen molar-refractivity contribution < 1.29 is 43.2 Å². The molecular formula is C35H53N3O9S. The number of esters is 1. The molecule has 3 saturated heterocycles. The van der Waals surface area contributed by atoms with Gasteiger partial charge in [-0.2, -0.15) is 11.8 Å². The maximum atomic E-state index is 12.8. The van der Waals surface area contributed by atoms with Crippen LogP contribution < -0.4 is 16.0 Å². The van der Waals surface area contributed by atoms with Gasteiger partial charge in [-0.1, -0.05) is 30.7 Å². The van der Waals surface area contributed by atoms with E-state index in [1.54, 1.807) is 13.0 Å². The van der Waals surface area contributed by atoms with Crippen LogP contribution in [0.15, 0.2) is 36.0 Å². The molecule has 1 spiro atoms. The molecule has 0 aromatic carbocycles. The molecule has 3 aliphatic heterocycles. The predicted molar refractivity (Wildman–Crippen MR) is 182 cm³/mol. The number of carbonyl (C=O) groups is 4. The molecule has 0 radical (unpaired) electrons. The second kappa shape index (κ2) is 17.3. The molecule has 0 aromatic rings. The third-order valence-electron chi connectivity index (χ3n) is 9.48. The van der Waals surface area contributed by atoms with Crippen molar-refractivity contribution in [2.75, 3.05) is 18.6 Å². The van der Waals surface area contributed by atoms with Crippen molar-refractivity contribution >= 4 is 35.5 Å². The van der Waals surface area contributed by atoms with E-state index < -0.39 is 29.9 Å². The Kier molecular flexibility index (Phi) is 13.7. The van der Waals surface area contributed by atoms with Gasteiger partial charge in [-0.05, 0) is 64.7 Å². The summed E-state index contributed by atoms with van der Waals surface area (Å²) in [5.41, 5.74) is 0.314. The van der Waals surface area contributed by atoms with E-state index >= 15 is 0 Å². The van der Waals surface area contributed by atoms with Crippen molar-refractivity contribution in [2.45, 2.75) is 133 Å². The summed E-state index contributed by atoms with van der Waals surface area (Å²) >= 11 is 1.48. The second-order valence-electron chi connectivity index (χ2n) is 13.8. The summed E-state index contributed by atoms with van der Waals surface area (Å²) in [5, 5.41) is 20.0. The monoisotopic (exact) mass is 691 g/mol. The maximum Gasteiger partial charge on any atom is 0.303 e. The number of rotatable bonds is 14. The normalized spacial score (nSPS) is 35.6. The number of aliphatic hydroxyl groups excluding tert-OH is 1. The Balaban J connectivity index is 1.22. The third kappa shape index (κ3) is 11.2. The van der Waals surface area contributed by atoms with Crippen LogP contribution in [-0.2, 0) is 38.1 Å². The molecule has 0 aromatic heterocycles. The van der Waals surface area contributed by atoms with Gasteiger partial charge in [-0.3, -0.25) is 19.2 Å². The molecule has 9 atom stereocenters. The summed E-state index contributed by atoms with van der Waals surface area (Å²) in [7, 11) is 0. The fourth-order valence-electron chi connectivity index (χ4n) is 6.63. The average Bonchev–Trinajstić information content (AvgIpc) is 3.76. The van der Waals surface area contributed by atoms with Crippen molar-refractivity contribution in [3.05, 3.63) is 36.0 Å². The molecule has 12 nitrogen and oxygen atoms in total. The van der Waals surface area contributed by atoms with E-state index in [-0.39, 0.29) is 66.5 Å². The summed E-state index contributed by atoms with van der Waals surface area (Å²) < 4.78 is 23.2. The standard InChI is InChI=1S/C35H53N3O9S/c1-20(7-10-29-21(2)13-28(23(4)46-29)38-31(40)12-9-22(3)45-24(5)39)8-11-30-34(43)35(19-44-35)17-27(47-30)16-32(41)36-25-14-26(15-25)37-33(42)18-48-6/h7-9,11-12,21-23,25-30,34,43H,10,13-19H2,1-6H3,(H,36,41)(H,37,42)(H,38,40)/b11-8+,12-9-,20-7+/t21-,22-,23+,25-,26-,27+,28+,29-,30+,34+,35+/m0/s1. The van der Waals surface area contributed by atoms with Crippen molar-refractivity contribution in [3.8, 4) is 0 Å². The SMILES string of the molecule is CSCC(=O)N[C@H]1C[C@H](NC(=O)C[C@@H]2C[C@@]3(CO3)[C@H](O)[C@@H](/C=C/C(C)=C/C[C@@H]3O[C@H](C)[C@H](NC(=O)/C=C\[C@H](C)OC(C)=O)C[C@@H]3C)O2)C1. The molecule has 3 amide bonds. The minimum absolute atomic E-state index is 0.0175. The first-order chi connectivity index (χ1) is 22.8. The molecule has 1 aliphatic carbocycles. The van der Waals surface area contributed by atoms with Crippen LogP contribution in [0, 0.1) is 5.92 Å². The van der Waals surface area contributed by atoms with Crippen molar-refractivity contribution in [3.63, 3.8) is 0 Å². The first-order valence-corrected chi connectivity index (χ1v) is 18.4. The van der Waals surface area contributed by atoms with Gasteiger partial charge in [0.2, 0.25) is 17.7 Å². The van der Waals surface area contributed by atoms with Crippen LogP contribution in [0.1, 0.15) is 73.1 Å². The smallest absolute Gasteiger partial charge is 0.303 e. The van der Waals surface area contributed by atoms with Crippen LogP contribution in [-0.4, -0.2) is 108 Å². The first kappa shape index (κ1) is 38.1. The van der Waals surface area contributed by atoms with E-state index in [1.807, 2.05) is 32.3 Å². The minimum Gasteiger partial charge on any atom is -0.459 e. The van der Waals surface area contributed by atoms with Gasteiger partial charge in [0.1, 0.15) is 23.9 Å². The highest BCUT2D eigenvalue weighted by Crippen LogP contribution is 2.43. The number of hydrogen-bond acceptors (Lipinski definition) is 10. The summed E-state index contributed by atoms with van der Waals surface area (Å²) in [4.78, 5) is 48.1. The number of thioether (sulfide) groups is 1. The lowest BCUT2D eigenvalue weighted by atomic mass is 9.85. The number of amides is 3. The number of aliphatic hydroxyl groups is 1. The van der Waals surface area contributed by atoms with E-state index in [0.29, 0.717) is 25.2 Å². The molecule has 3 heterocycles. The highest BCUT2D eigenvalue weighted by atomic mass is 32.2. The zero-order valence-corrected chi connectivity index (χ0v) is 29.8. The Hall–Kier alpha value is -2.71. The zero-order chi connectivity index (χ0) is 35.0. The van der Waals surface area contributed by atoms with Crippen LogP contribution in [0.3, 0.4) is 0 Å². The van der Waals surface area contributed by atoms with E-state index in [0.717, 1.165) is 24.8 Å². The molecule has 0 bridgehead atoms. The molecule has 4 N–H and O–H groups in total. The predicted octanol–water partition coefficient (Wildman–Crippen LogP) is 2.49. The third-order valence-corrected chi connectivity index (χ3v) is 10.0. The second-order valence-corrected chi connectivity index (χ2v) is 14.7. The van der Waals surface area contributed by atoms with Gasteiger partial charge in [0.25, 0.3) is 0 Å². The molecular weight excluding hydrogens is 638 g/mol. The van der Waals surface area contributed by atoms with Gasteiger partial charge in [0.05, 0.1) is 43.1 Å². The number of nitrogens with one attached hydrogen (secondary N) is 3. The summed E-state index contributed by atoms with van der Waals surface area (Å²) in [5.74, 6) is -0.0991. The number of allylic oxidation sites excluding steroid dienone is 2. The van der Waals surface area contributed by atoms with Crippen LogP contribution in [0.25, 0.3) is 0 Å². The van der Waals surface area contributed by atoms with Crippen LogP contribution >= 0.6 is 11.8 Å². The highest BCUT2D eigenvalue weighted by molar-refractivity contribution is 7.99. The zero-order valence-electron chi connectivity index (χ0n) is 28.9. The molecule has 4 fully saturated rings. The number of hydrogen-bond donors (Lipinski definition) is 4. The first-order valence-electron chi connectivity index (χ1n) is 17.0. The summed E-state index contributed by atoms with van der Waals surface area (Å²) in [6.07, 6.45) is 11.7. The van der Waals surface area contributed by atoms with Crippen molar-refractivity contribution in [2.24, 2.45) is 5.92 Å². The Labute approximate surface area is 288 Å². The molecule has 0 unspecified atom stereocenters. The number of epoxide rings is 1. The lowest BCUT2D eigenvalue weighted by Gasteiger charge is -2.39. The summed E-state index contributed by atoms with van der Waals surface area (Å²) in [6.45, 7) is 9.51. The van der Waals surface area contributed by atoms with Gasteiger partial charge < -0.3 is 40.0 Å². The Bertz CT molecular complexity index is 1250. The van der Waals surface area contributed by atoms with Gasteiger partial charge in [0, 0.05) is 31.5 Å². The van der Waals surface area contributed by atoms with E-state index in [9.17, 15) is 24.3 Å². The number of carbonyl (C=O) groups excluding carboxylic acids is 4. The fraction of sp³-hybridized carbons (Fsp3) is 0.714. The molecule has 4 rings (SSSR count). The molecule has 4 aliphatic rings. The molecule has 13 heteroatoms. The molecule has 1 saturated carbocycles. The van der Waals surface area contributed by atoms with Gasteiger partial charge in [-0.25, -0.2) is 0 Å². The topological polar surface area (TPSA) is 165 Å². The Morgan fingerprint density at radius 3 is 2.35 bits per heavy atom. The Morgan fingerprint density at radius 2 is 1.71 bits per heavy atom. The van der Waals surface area contributed by atoms with Gasteiger partial charge >= 0.3 is 5.97 Å². The minimum atomic E-state index is -0.826. The highest BCUT2D eigenvalue weighted by Gasteiger charge is 2.58. The van der Waals surface area contributed by atoms with Crippen LogP contribution in [0.2, 0.25) is 0 Å². The fourth-order valence-corrected chi connectivity index (χ4v) is 6.98.